The van der Waals surface area contributed by atoms with Gasteiger partial charge in [0.05, 0.1) is 4.92 Å². The molecule has 0 saturated heterocycles. The Balaban J connectivity index is 2.26. The Labute approximate surface area is 88.2 Å². The third-order valence-corrected chi connectivity index (χ3v) is 2.92. The van der Waals surface area contributed by atoms with Crippen molar-refractivity contribution in [3.63, 3.8) is 0 Å². The summed E-state index contributed by atoms with van der Waals surface area (Å²) in [7, 11) is 0. The van der Waals surface area contributed by atoms with E-state index in [2.05, 4.69) is 0 Å². The number of nitro groups is 1. The van der Waals surface area contributed by atoms with E-state index in [1.807, 2.05) is 6.07 Å². The minimum absolute atomic E-state index is 0.0941. The maximum Gasteiger partial charge on any atom is 0.272 e. The number of rotatable bonds is 3. The van der Waals surface area contributed by atoms with Crippen LogP contribution in [0.3, 0.4) is 0 Å². The zero-order valence-corrected chi connectivity index (χ0v) is 8.69. The van der Waals surface area contributed by atoms with Crippen LogP contribution in [-0.4, -0.2) is 10.5 Å². The fraction of sp³-hybridized carbons (Fsp3) is 0.455. The van der Waals surface area contributed by atoms with Gasteiger partial charge in [0, 0.05) is 17.2 Å². The predicted octanol–water partition coefficient (Wildman–Crippen LogP) is 1.94. The molecule has 2 rings (SSSR count). The van der Waals surface area contributed by atoms with E-state index in [0.29, 0.717) is 5.56 Å². The van der Waals surface area contributed by atoms with Crippen molar-refractivity contribution in [2.24, 2.45) is 5.73 Å². The third kappa shape index (κ3) is 2.15. The number of hydrogen-bond donors (Lipinski definition) is 1. The first-order valence-electron chi connectivity index (χ1n) is 5.03. The van der Waals surface area contributed by atoms with E-state index in [1.165, 1.54) is 0 Å². The lowest BCUT2D eigenvalue weighted by atomic mass is 10.0. The van der Waals surface area contributed by atoms with Crippen LogP contribution < -0.4 is 5.73 Å². The van der Waals surface area contributed by atoms with Crippen molar-refractivity contribution in [2.75, 3.05) is 0 Å². The van der Waals surface area contributed by atoms with Crippen molar-refractivity contribution < 1.29 is 4.92 Å². The Morgan fingerprint density at radius 2 is 2.20 bits per heavy atom. The Morgan fingerprint density at radius 1 is 1.53 bits per heavy atom. The summed E-state index contributed by atoms with van der Waals surface area (Å²) >= 11 is 0. The maximum atomic E-state index is 10.7. The molecular weight excluding hydrogens is 192 g/mol. The quantitative estimate of drug-likeness (QED) is 0.607. The summed E-state index contributed by atoms with van der Waals surface area (Å²) < 4.78 is 0. The van der Waals surface area contributed by atoms with Gasteiger partial charge in [-0.1, -0.05) is 12.1 Å². The fourth-order valence-electron chi connectivity index (χ4n) is 1.71. The van der Waals surface area contributed by atoms with Gasteiger partial charge < -0.3 is 5.73 Å². The Bertz CT molecular complexity index is 411. The summed E-state index contributed by atoms with van der Waals surface area (Å²) in [5.74, 6) is 0. The molecule has 0 unspecified atom stereocenters. The van der Waals surface area contributed by atoms with Gasteiger partial charge in [-0.25, -0.2) is 0 Å². The molecule has 0 amide bonds. The second-order valence-corrected chi connectivity index (χ2v) is 4.42. The molecule has 1 aliphatic carbocycles. The van der Waals surface area contributed by atoms with Crippen molar-refractivity contribution in [1.82, 2.24) is 0 Å². The minimum Gasteiger partial charge on any atom is -0.325 e. The molecule has 2 N–H and O–H groups in total. The van der Waals surface area contributed by atoms with Crippen molar-refractivity contribution in [3.8, 4) is 0 Å². The standard InChI is InChI=1S/C11H14N2O2/c1-8-2-3-9(6-10(8)13(14)15)7-11(12)4-5-11/h2-3,6H,4-5,7,12H2,1H3. The maximum absolute atomic E-state index is 10.7. The predicted molar refractivity (Wildman–Crippen MR) is 57.7 cm³/mol. The van der Waals surface area contributed by atoms with Gasteiger partial charge in [-0.3, -0.25) is 10.1 Å². The lowest BCUT2D eigenvalue weighted by Crippen LogP contribution is -2.24. The van der Waals surface area contributed by atoms with E-state index in [9.17, 15) is 10.1 Å². The van der Waals surface area contributed by atoms with Crippen LogP contribution in [0, 0.1) is 17.0 Å². The van der Waals surface area contributed by atoms with Crippen LogP contribution in [0.1, 0.15) is 24.0 Å². The molecule has 4 nitrogen and oxygen atoms in total. The van der Waals surface area contributed by atoms with Crippen molar-refractivity contribution in [1.29, 1.82) is 0 Å². The third-order valence-electron chi connectivity index (χ3n) is 2.92. The zero-order chi connectivity index (χ0) is 11.1. The highest BCUT2D eigenvalue weighted by molar-refractivity contribution is 5.43. The van der Waals surface area contributed by atoms with E-state index in [-0.39, 0.29) is 16.1 Å². The molecule has 1 aliphatic rings. The number of nitrogens with zero attached hydrogens (tertiary/aromatic N) is 1. The second kappa shape index (κ2) is 3.31. The Morgan fingerprint density at radius 3 is 2.73 bits per heavy atom. The van der Waals surface area contributed by atoms with E-state index >= 15 is 0 Å². The monoisotopic (exact) mass is 206 g/mol. The normalized spacial score (nSPS) is 17.5. The molecule has 1 fully saturated rings. The summed E-state index contributed by atoms with van der Waals surface area (Å²) in [4.78, 5) is 10.4. The largest absolute Gasteiger partial charge is 0.325 e. The first-order valence-corrected chi connectivity index (χ1v) is 5.03. The minimum atomic E-state index is -0.338. The average Bonchev–Trinajstić information content (AvgIpc) is 2.87. The van der Waals surface area contributed by atoms with Gasteiger partial charge in [-0.15, -0.1) is 0 Å². The van der Waals surface area contributed by atoms with Gasteiger partial charge in [0.15, 0.2) is 0 Å². The van der Waals surface area contributed by atoms with E-state index < -0.39 is 0 Å². The lowest BCUT2D eigenvalue weighted by Gasteiger charge is -2.08. The smallest absolute Gasteiger partial charge is 0.272 e. The molecule has 0 bridgehead atoms. The molecule has 0 radical (unpaired) electrons. The molecule has 0 spiro atoms. The highest BCUT2D eigenvalue weighted by atomic mass is 16.6. The molecule has 0 heterocycles. The molecule has 15 heavy (non-hydrogen) atoms. The topological polar surface area (TPSA) is 69.2 Å². The Kier molecular flexibility index (Phi) is 2.23. The van der Waals surface area contributed by atoms with Crippen LogP contribution in [0.15, 0.2) is 18.2 Å². The summed E-state index contributed by atoms with van der Waals surface area (Å²) in [5, 5.41) is 10.7. The van der Waals surface area contributed by atoms with Crippen LogP contribution >= 0.6 is 0 Å². The highest BCUT2D eigenvalue weighted by Crippen LogP contribution is 2.36. The van der Waals surface area contributed by atoms with Gasteiger partial charge in [0.25, 0.3) is 5.69 Å². The molecule has 1 aromatic rings. The SMILES string of the molecule is Cc1ccc(CC2(N)CC2)cc1[N+](=O)[O-]. The molecule has 0 aliphatic heterocycles. The molecule has 1 saturated carbocycles. The van der Waals surface area contributed by atoms with Gasteiger partial charge >= 0.3 is 0 Å². The number of nitrogens with two attached hydrogens (primary N) is 1. The van der Waals surface area contributed by atoms with Gasteiger partial charge in [-0.2, -0.15) is 0 Å². The molecule has 1 aromatic carbocycles. The number of hydrogen-bond acceptors (Lipinski definition) is 3. The second-order valence-electron chi connectivity index (χ2n) is 4.42. The van der Waals surface area contributed by atoms with Crippen molar-refractivity contribution in [2.45, 2.75) is 31.7 Å². The van der Waals surface area contributed by atoms with Gasteiger partial charge in [-0.05, 0) is 31.7 Å². The van der Waals surface area contributed by atoms with Crippen LogP contribution in [0.5, 0.6) is 0 Å². The fourth-order valence-corrected chi connectivity index (χ4v) is 1.71. The van der Waals surface area contributed by atoms with Gasteiger partial charge in [0.1, 0.15) is 0 Å². The van der Waals surface area contributed by atoms with Crippen LogP contribution in [-0.2, 0) is 6.42 Å². The van der Waals surface area contributed by atoms with Crippen LogP contribution in [0.4, 0.5) is 5.69 Å². The number of aryl methyl sites for hydroxylation is 1. The van der Waals surface area contributed by atoms with E-state index in [0.717, 1.165) is 24.8 Å². The molecule has 0 aromatic heterocycles. The summed E-state index contributed by atoms with van der Waals surface area (Å²) in [6.07, 6.45) is 2.79. The van der Waals surface area contributed by atoms with Crippen LogP contribution in [0.2, 0.25) is 0 Å². The highest BCUT2D eigenvalue weighted by Gasteiger charge is 2.38. The van der Waals surface area contributed by atoms with Crippen molar-refractivity contribution >= 4 is 5.69 Å². The molecular formula is C11H14N2O2. The molecule has 0 atom stereocenters. The summed E-state index contributed by atoms with van der Waals surface area (Å²) in [6.45, 7) is 1.75. The Hall–Kier alpha value is -1.42. The lowest BCUT2D eigenvalue weighted by molar-refractivity contribution is -0.385. The summed E-state index contributed by atoms with van der Waals surface area (Å²) in [6, 6.07) is 5.36. The van der Waals surface area contributed by atoms with Gasteiger partial charge in [0.2, 0.25) is 0 Å². The first-order chi connectivity index (χ1) is 7.00. The van der Waals surface area contributed by atoms with E-state index in [1.54, 1.807) is 19.1 Å². The molecule has 80 valence electrons. The molecule has 4 heteroatoms. The van der Waals surface area contributed by atoms with Crippen LogP contribution in [0.25, 0.3) is 0 Å². The average molecular weight is 206 g/mol. The summed E-state index contributed by atoms with van der Waals surface area (Å²) in [5.41, 5.74) is 7.74. The number of benzene rings is 1. The van der Waals surface area contributed by atoms with E-state index in [4.69, 9.17) is 5.73 Å². The first kappa shape index (κ1) is 10.1. The zero-order valence-electron chi connectivity index (χ0n) is 8.69. The number of nitro benzene ring substituents is 1. The van der Waals surface area contributed by atoms with Crippen molar-refractivity contribution in [3.05, 3.63) is 39.4 Å².